The first-order chi connectivity index (χ1) is 12.8. The van der Waals surface area contributed by atoms with E-state index in [2.05, 4.69) is 38.9 Å². The quantitative estimate of drug-likeness (QED) is 0.709. The third kappa shape index (κ3) is 3.65. The van der Waals surface area contributed by atoms with E-state index in [1.807, 2.05) is 41.6 Å². The Bertz CT molecular complexity index is 844. The summed E-state index contributed by atoms with van der Waals surface area (Å²) >= 11 is 0. The summed E-state index contributed by atoms with van der Waals surface area (Å²) in [6.45, 7) is 5.11. The second kappa shape index (κ2) is 7.74. The molecule has 1 fully saturated rings. The summed E-state index contributed by atoms with van der Waals surface area (Å²) in [5.74, 6) is 2.28. The zero-order valence-electron chi connectivity index (χ0n) is 15.1. The number of hydrogen-bond donors (Lipinski definition) is 0. The van der Waals surface area contributed by atoms with Gasteiger partial charge in [-0.05, 0) is 31.5 Å². The number of piperidine rings is 1. The molecule has 0 bridgehead atoms. The predicted molar refractivity (Wildman–Crippen MR) is 100 cm³/mol. The number of aromatic nitrogens is 5. The summed E-state index contributed by atoms with van der Waals surface area (Å²) in [4.78, 5) is 20.7. The summed E-state index contributed by atoms with van der Waals surface area (Å²) in [5, 5.41) is 0. The van der Waals surface area contributed by atoms with E-state index < -0.39 is 0 Å². The van der Waals surface area contributed by atoms with Gasteiger partial charge >= 0.3 is 0 Å². The number of rotatable bonds is 5. The first-order valence-electron chi connectivity index (χ1n) is 9.30. The Balaban J connectivity index is 1.51. The second-order valence-corrected chi connectivity index (χ2v) is 6.76. The number of aryl methyl sites for hydroxylation is 1. The first-order valence-corrected chi connectivity index (χ1v) is 9.30. The standard InChI is InChI=1S/C20H24N6/c1-2-19-23-9-11-26(19)20-13-21-12-18(24-20)16-6-5-10-25(14-16)15-17-7-3-4-8-22-17/h3-4,7-9,11-13,16H,2,5-6,10,14-15H2,1H3/t16-/m1/s1. The smallest absolute Gasteiger partial charge is 0.156 e. The molecule has 0 aliphatic carbocycles. The van der Waals surface area contributed by atoms with Crippen LogP contribution >= 0.6 is 0 Å². The van der Waals surface area contributed by atoms with Crippen LogP contribution in [0.1, 0.15) is 42.9 Å². The van der Waals surface area contributed by atoms with Crippen molar-refractivity contribution < 1.29 is 0 Å². The predicted octanol–water partition coefficient (Wildman–Crippen LogP) is 3.00. The van der Waals surface area contributed by atoms with Gasteiger partial charge in [0.25, 0.3) is 0 Å². The fraction of sp³-hybridized carbons (Fsp3) is 0.400. The molecule has 26 heavy (non-hydrogen) atoms. The van der Waals surface area contributed by atoms with Gasteiger partial charge in [-0.25, -0.2) is 9.97 Å². The number of pyridine rings is 1. The van der Waals surface area contributed by atoms with E-state index in [-0.39, 0.29) is 0 Å². The Morgan fingerprint density at radius 1 is 1.15 bits per heavy atom. The Hall–Kier alpha value is -2.60. The Labute approximate surface area is 154 Å². The molecule has 134 valence electrons. The van der Waals surface area contributed by atoms with Crippen molar-refractivity contribution in [2.24, 2.45) is 0 Å². The largest absolute Gasteiger partial charge is 0.297 e. The van der Waals surface area contributed by atoms with Gasteiger partial charge in [0.2, 0.25) is 0 Å². The monoisotopic (exact) mass is 348 g/mol. The molecule has 3 aromatic rings. The summed E-state index contributed by atoms with van der Waals surface area (Å²) in [5.41, 5.74) is 2.20. The molecule has 0 N–H and O–H groups in total. The number of imidazole rings is 1. The molecular weight excluding hydrogens is 324 g/mol. The maximum absolute atomic E-state index is 4.91. The topological polar surface area (TPSA) is 59.7 Å². The minimum absolute atomic E-state index is 0.411. The maximum atomic E-state index is 4.91. The second-order valence-electron chi connectivity index (χ2n) is 6.76. The molecule has 1 atom stereocenters. The van der Waals surface area contributed by atoms with Gasteiger partial charge in [-0.2, -0.15) is 0 Å². The van der Waals surface area contributed by atoms with Crippen molar-refractivity contribution in [2.75, 3.05) is 13.1 Å². The van der Waals surface area contributed by atoms with Gasteiger partial charge < -0.3 is 0 Å². The van der Waals surface area contributed by atoms with Gasteiger partial charge in [0.05, 0.1) is 17.6 Å². The van der Waals surface area contributed by atoms with Gasteiger partial charge in [0.15, 0.2) is 5.82 Å². The van der Waals surface area contributed by atoms with Crippen LogP contribution < -0.4 is 0 Å². The fourth-order valence-corrected chi connectivity index (χ4v) is 3.65. The van der Waals surface area contributed by atoms with E-state index in [0.29, 0.717) is 5.92 Å². The van der Waals surface area contributed by atoms with Gasteiger partial charge in [-0.15, -0.1) is 0 Å². The van der Waals surface area contributed by atoms with E-state index in [4.69, 9.17) is 4.98 Å². The molecule has 0 amide bonds. The average molecular weight is 348 g/mol. The summed E-state index contributed by atoms with van der Waals surface area (Å²) < 4.78 is 2.03. The summed E-state index contributed by atoms with van der Waals surface area (Å²) in [7, 11) is 0. The lowest BCUT2D eigenvalue weighted by atomic mass is 9.95. The summed E-state index contributed by atoms with van der Waals surface area (Å²) in [6, 6.07) is 6.11. The normalized spacial score (nSPS) is 18.1. The van der Waals surface area contributed by atoms with Gasteiger partial charge in [-0.1, -0.05) is 13.0 Å². The highest BCUT2D eigenvalue weighted by molar-refractivity contribution is 5.24. The molecule has 1 saturated heterocycles. The molecule has 0 saturated carbocycles. The van der Waals surface area contributed by atoms with Crippen LogP contribution in [0.3, 0.4) is 0 Å². The van der Waals surface area contributed by atoms with Crippen LogP contribution in [-0.4, -0.2) is 42.5 Å². The van der Waals surface area contributed by atoms with Gasteiger partial charge in [0, 0.05) is 50.2 Å². The van der Waals surface area contributed by atoms with Crippen molar-refractivity contribution in [3.63, 3.8) is 0 Å². The van der Waals surface area contributed by atoms with Crippen LogP contribution in [0, 0.1) is 0 Å². The lowest BCUT2D eigenvalue weighted by molar-refractivity contribution is 0.196. The maximum Gasteiger partial charge on any atom is 0.156 e. The van der Waals surface area contributed by atoms with Gasteiger partial charge in [0.1, 0.15) is 5.82 Å². The summed E-state index contributed by atoms with van der Waals surface area (Å²) in [6.07, 6.45) is 12.6. The Morgan fingerprint density at radius 2 is 2.12 bits per heavy atom. The Morgan fingerprint density at radius 3 is 2.96 bits per heavy atom. The highest BCUT2D eigenvalue weighted by Crippen LogP contribution is 2.26. The van der Waals surface area contributed by atoms with Crippen molar-refractivity contribution in [3.8, 4) is 5.82 Å². The SMILES string of the molecule is CCc1nccn1-c1cncc([C@@H]2CCCN(Cc3ccccn3)C2)n1. The van der Waals surface area contributed by atoms with E-state index in [1.54, 1.807) is 0 Å². The third-order valence-electron chi connectivity index (χ3n) is 4.96. The van der Waals surface area contributed by atoms with E-state index in [9.17, 15) is 0 Å². The molecule has 0 aromatic carbocycles. The highest BCUT2D eigenvalue weighted by atomic mass is 15.2. The molecule has 0 radical (unpaired) electrons. The van der Waals surface area contributed by atoms with Crippen LogP contribution in [-0.2, 0) is 13.0 Å². The molecule has 1 aliphatic rings. The van der Waals surface area contributed by atoms with Crippen LogP contribution in [0.15, 0.2) is 49.2 Å². The lowest BCUT2D eigenvalue weighted by Gasteiger charge is -2.32. The molecule has 4 rings (SSSR count). The van der Waals surface area contributed by atoms with Crippen LogP contribution in [0.2, 0.25) is 0 Å². The minimum atomic E-state index is 0.411. The average Bonchev–Trinajstić information content (AvgIpc) is 3.18. The third-order valence-corrected chi connectivity index (χ3v) is 4.96. The molecule has 6 heteroatoms. The van der Waals surface area contributed by atoms with Crippen molar-refractivity contribution in [1.82, 2.24) is 29.4 Å². The zero-order chi connectivity index (χ0) is 17.8. The zero-order valence-corrected chi connectivity index (χ0v) is 15.1. The molecule has 3 aromatic heterocycles. The van der Waals surface area contributed by atoms with E-state index >= 15 is 0 Å². The molecule has 0 spiro atoms. The highest BCUT2D eigenvalue weighted by Gasteiger charge is 2.23. The lowest BCUT2D eigenvalue weighted by Crippen LogP contribution is -2.34. The van der Waals surface area contributed by atoms with Crippen molar-refractivity contribution in [3.05, 3.63) is 66.4 Å². The minimum Gasteiger partial charge on any atom is -0.297 e. The molecule has 6 nitrogen and oxygen atoms in total. The molecule has 1 aliphatic heterocycles. The van der Waals surface area contributed by atoms with Gasteiger partial charge in [-0.3, -0.25) is 19.4 Å². The van der Waals surface area contributed by atoms with Crippen LogP contribution in [0.4, 0.5) is 0 Å². The van der Waals surface area contributed by atoms with Crippen LogP contribution in [0.5, 0.6) is 0 Å². The van der Waals surface area contributed by atoms with Crippen molar-refractivity contribution in [1.29, 1.82) is 0 Å². The number of hydrogen-bond acceptors (Lipinski definition) is 5. The van der Waals surface area contributed by atoms with E-state index in [1.165, 1.54) is 6.42 Å². The molecular formula is C20H24N6. The molecule has 0 unspecified atom stereocenters. The molecule has 4 heterocycles. The fourth-order valence-electron chi connectivity index (χ4n) is 3.65. The van der Waals surface area contributed by atoms with Crippen molar-refractivity contribution >= 4 is 0 Å². The van der Waals surface area contributed by atoms with Crippen molar-refractivity contribution in [2.45, 2.75) is 38.6 Å². The first kappa shape index (κ1) is 16.8. The Kier molecular flexibility index (Phi) is 5.02. The van der Waals surface area contributed by atoms with E-state index in [0.717, 1.165) is 55.5 Å². The number of likely N-dealkylation sites (tertiary alicyclic amines) is 1. The number of nitrogens with zero attached hydrogens (tertiary/aromatic N) is 6. The van der Waals surface area contributed by atoms with Crippen LogP contribution in [0.25, 0.3) is 5.82 Å².